The van der Waals surface area contributed by atoms with Gasteiger partial charge in [0.05, 0.1) is 18.6 Å². The van der Waals surface area contributed by atoms with Gasteiger partial charge in [-0.25, -0.2) is 4.79 Å². The molecular formula is C15H26N2O5. The third-order valence-electron chi connectivity index (χ3n) is 4.00. The molecule has 2 aliphatic rings. The number of carbonyl (C=O) groups is 2. The van der Waals surface area contributed by atoms with Crippen LogP contribution in [0, 0.1) is 0 Å². The molecule has 0 aromatic carbocycles. The van der Waals surface area contributed by atoms with Crippen molar-refractivity contribution in [2.75, 3.05) is 39.4 Å². The van der Waals surface area contributed by atoms with E-state index in [2.05, 4.69) is 4.90 Å². The van der Waals surface area contributed by atoms with Crippen LogP contribution in [0.15, 0.2) is 0 Å². The summed E-state index contributed by atoms with van der Waals surface area (Å²) in [5.41, 5.74) is -1.03. The Labute approximate surface area is 131 Å². The van der Waals surface area contributed by atoms with Crippen LogP contribution in [0.1, 0.15) is 33.6 Å². The molecule has 0 spiro atoms. The molecule has 2 saturated heterocycles. The number of carboxylic acid groups (broad SMARTS) is 1. The molecule has 0 bridgehead atoms. The first kappa shape index (κ1) is 17.0. The molecule has 7 heteroatoms. The van der Waals surface area contributed by atoms with Gasteiger partial charge in [0.2, 0.25) is 0 Å². The molecule has 2 heterocycles. The Morgan fingerprint density at radius 1 is 1.23 bits per heavy atom. The summed E-state index contributed by atoms with van der Waals surface area (Å²) in [5.74, 6) is -0.839. The second-order valence-corrected chi connectivity index (χ2v) is 7.08. The SMILES string of the molecule is CC(C)(C)OC(=O)N1CC(CC(=O)O)(N2CCCOCC2)C1. The number of rotatable bonds is 3. The van der Waals surface area contributed by atoms with Crippen LogP contribution in [0.3, 0.4) is 0 Å². The first-order chi connectivity index (χ1) is 10.2. The van der Waals surface area contributed by atoms with Gasteiger partial charge < -0.3 is 19.5 Å². The highest BCUT2D eigenvalue weighted by Crippen LogP contribution is 2.33. The highest BCUT2D eigenvalue weighted by atomic mass is 16.6. The van der Waals surface area contributed by atoms with Crippen LogP contribution < -0.4 is 0 Å². The molecule has 0 aromatic heterocycles. The molecule has 2 fully saturated rings. The molecular weight excluding hydrogens is 288 g/mol. The van der Waals surface area contributed by atoms with Crippen molar-refractivity contribution in [2.24, 2.45) is 0 Å². The first-order valence-corrected chi connectivity index (χ1v) is 7.74. The summed E-state index contributed by atoms with van der Waals surface area (Å²) in [4.78, 5) is 27.1. The van der Waals surface area contributed by atoms with E-state index < -0.39 is 17.1 Å². The van der Waals surface area contributed by atoms with Crippen LogP contribution >= 0.6 is 0 Å². The third-order valence-corrected chi connectivity index (χ3v) is 4.00. The molecule has 7 nitrogen and oxygen atoms in total. The van der Waals surface area contributed by atoms with E-state index in [4.69, 9.17) is 9.47 Å². The molecule has 126 valence electrons. The number of hydrogen-bond donors (Lipinski definition) is 1. The quantitative estimate of drug-likeness (QED) is 0.842. The van der Waals surface area contributed by atoms with E-state index in [1.165, 1.54) is 0 Å². The van der Waals surface area contributed by atoms with Crippen molar-refractivity contribution in [2.45, 2.75) is 44.8 Å². The summed E-state index contributed by atoms with van der Waals surface area (Å²) in [6.45, 7) is 9.07. The minimum absolute atomic E-state index is 0.0340. The van der Waals surface area contributed by atoms with Crippen molar-refractivity contribution in [1.82, 2.24) is 9.80 Å². The summed E-state index contributed by atoms with van der Waals surface area (Å²) in [6.07, 6.45) is 0.541. The lowest BCUT2D eigenvalue weighted by Crippen LogP contribution is -2.72. The highest BCUT2D eigenvalue weighted by Gasteiger charge is 2.51. The van der Waals surface area contributed by atoms with E-state index in [1.54, 1.807) is 4.90 Å². The fourth-order valence-corrected chi connectivity index (χ4v) is 3.05. The van der Waals surface area contributed by atoms with Crippen molar-refractivity contribution < 1.29 is 24.2 Å². The standard InChI is InChI=1S/C15H26N2O5/c1-14(2,3)22-13(20)16-10-15(11-16,9-12(18)19)17-5-4-7-21-8-6-17/h4-11H2,1-3H3,(H,18,19). The lowest BCUT2D eigenvalue weighted by Gasteiger charge is -2.54. The lowest BCUT2D eigenvalue weighted by molar-refractivity contribution is -0.146. The normalized spacial score (nSPS) is 22.6. The fourth-order valence-electron chi connectivity index (χ4n) is 3.05. The van der Waals surface area contributed by atoms with Crippen molar-refractivity contribution in [3.8, 4) is 0 Å². The van der Waals surface area contributed by atoms with Gasteiger partial charge in [0, 0.05) is 32.8 Å². The highest BCUT2D eigenvalue weighted by molar-refractivity contribution is 5.73. The molecule has 2 aliphatic heterocycles. The van der Waals surface area contributed by atoms with Crippen LogP contribution in [-0.4, -0.2) is 77.5 Å². The topological polar surface area (TPSA) is 79.3 Å². The second kappa shape index (κ2) is 6.42. The van der Waals surface area contributed by atoms with Gasteiger partial charge >= 0.3 is 12.1 Å². The summed E-state index contributed by atoms with van der Waals surface area (Å²) >= 11 is 0. The van der Waals surface area contributed by atoms with Crippen LogP contribution in [0.5, 0.6) is 0 Å². The number of carbonyl (C=O) groups excluding carboxylic acids is 1. The van der Waals surface area contributed by atoms with Gasteiger partial charge in [-0.3, -0.25) is 9.69 Å². The maximum atomic E-state index is 12.1. The Morgan fingerprint density at radius 3 is 2.50 bits per heavy atom. The Bertz CT molecular complexity index is 418. The number of likely N-dealkylation sites (tertiary alicyclic amines) is 1. The minimum Gasteiger partial charge on any atom is -0.481 e. The smallest absolute Gasteiger partial charge is 0.410 e. The van der Waals surface area contributed by atoms with E-state index >= 15 is 0 Å². The zero-order valence-electron chi connectivity index (χ0n) is 13.6. The third kappa shape index (κ3) is 4.10. The molecule has 0 aliphatic carbocycles. The average Bonchev–Trinajstić information content (AvgIpc) is 2.59. The van der Waals surface area contributed by atoms with Gasteiger partial charge in [-0.05, 0) is 27.2 Å². The first-order valence-electron chi connectivity index (χ1n) is 7.74. The van der Waals surface area contributed by atoms with Gasteiger partial charge in [-0.2, -0.15) is 0 Å². The average molecular weight is 314 g/mol. The summed E-state index contributed by atoms with van der Waals surface area (Å²) in [7, 11) is 0. The van der Waals surface area contributed by atoms with Crippen molar-refractivity contribution in [1.29, 1.82) is 0 Å². The number of amides is 1. The van der Waals surface area contributed by atoms with Gasteiger partial charge in [0.25, 0.3) is 0 Å². The minimum atomic E-state index is -0.839. The number of ether oxygens (including phenoxy) is 2. The van der Waals surface area contributed by atoms with Gasteiger partial charge in [0.1, 0.15) is 5.60 Å². The van der Waals surface area contributed by atoms with E-state index in [-0.39, 0.29) is 12.5 Å². The zero-order valence-corrected chi connectivity index (χ0v) is 13.6. The van der Waals surface area contributed by atoms with Crippen molar-refractivity contribution in [3.05, 3.63) is 0 Å². The molecule has 1 N–H and O–H groups in total. The fraction of sp³-hybridized carbons (Fsp3) is 0.867. The zero-order chi connectivity index (χ0) is 16.4. The predicted molar refractivity (Wildman–Crippen MR) is 79.8 cm³/mol. The molecule has 22 heavy (non-hydrogen) atoms. The van der Waals surface area contributed by atoms with E-state index in [9.17, 15) is 14.7 Å². The number of hydrogen-bond acceptors (Lipinski definition) is 5. The molecule has 0 aromatic rings. The lowest BCUT2D eigenvalue weighted by atomic mass is 9.84. The predicted octanol–water partition coefficient (Wildman–Crippen LogP) is 1.17. The molecule has 0 saturated carbocycles. The summed E-state index contributed by atoms with van der Waals surface area (Å²) in [5, 5.41) is 9.23. The van der Waals surface area contributed by atoms with E-state index in [0.717, 1.165) is 13.0 Å². The van der Waals surface area contributed by atoms with E-state index in [1.807, 2.05) is 20.8 Å². The Morgan fingerprint density at radius 2 is 1.91 bits per heavy atom. The molecule has 0 radical (unpaired) electrons. The maximum Gasteiger partial charge on any atom is 0.410 e. The van der Waals surface area contributed by atoms with Crippen LogP contribution in [0.2, 0.25) is 0 Å². The van der Waals surface area contributed by atoms with Crippen molar-refractivity contribution >= 4 is 12.1 Å². The number of aliphatic carboxylic acids is 1. The van der Waals surface area contributed by atoms with Gasteiger partial charge in [-0.1, -0.05) is 0 Å². The molecule has 0 atom stereocenters. The molecule has 0 unspecified atom stereocenters. The summed E-state index contributed by atoms with van der Waals surface area (Å²) < 4.78 is 10.8. The van der Waals surface area contributed by atoms with Crippen LogP contribution in [0.4, 0.5) is 4.79 Å². The largest absolute Gasteiger partial charge is 0.481 e. The summed E-state index contributed by atoms with van der Waals surface area (Å²) in [6, 6.07) is 0. The molecule has 1 amide bonds. The van der Waals surface area contributed by atoms with E-state index in [0.29, 0.717) is 32.8 Å². The van der Waals surface area contributed by atoms with Crippen molar-refractivity contribution in [3.63, 3.8) is 0 Å². The Balaban J connectivity index is 2.01. The Kier molecular flexibility index (Phi) is 4.97. The maximum absolute atomic E-state index is 12.1. The second-order valence-electron chi connectivity index (χ2n) is 7.08. The monoisotopic (exact) mass is 314 g/mol. The number of carboxylic acids is 1. The Hall–Kier alpha value is -1.34. The van der Waals surface area contributed by atoms with Crippen LogP contribution in [-0.2, 0) is 14.3 Å². The van der Waals surface area contributed by atoms with Gasteiger partial charge in [0.15, 0.2) is 0 Å². The number of nitrogens with zero attached hydrogens (tertiary/aromatic N) is 2. The molecule has 2 rings (SSSR count). The van der Waals surface area contributed by atoms with Gasteiger partial charge in [-0.15, -0.1) is 0 Å². The van der Waals surface area contributed by atoms with Crippen LogP contribution in [0.25, 0.3) is 0 Å².